The quantitative estimate of drug-likeness (QED) is 0.380. The lowest BCUT2D eigenvalue weighted by molar-refractivity contribution is -0.223. The third-order valence-corrected chi connectivity index (χ3v) is 2.10. The molecule has 13 heavy (non-hydrogen) atoms. The predicted octanol–water partition coefficient (Wildman–Crippen LogP) is -2.06. The predicted molar refractivity (Wildman–Crippen MR) is 40.0 cm³/mol. The first-order chi connectivity index (χ1) is 5.95. The molecule has 0 bridgehead atoms. The molecule has 1 aliphatic rings. The molecule has 6 heteroatoms. The van der Waals surface area contributed by atoms with Gasteiger partial charge in [0.1, 0.15) is 18.3 Å². The summed E-state index contributed by atoms with van der Waals surface area (Å²) in [5.74, 6) is -1.36. The van der Waals surface area contributed by atoms with Crippen LogP contribution in [-0.2, 0) is 9.53 Å². The molecule has 0 aromatic carbocycles. The molecule has 0 radical (unpaired) electrons. The molecule has 1 aliphatic heterocycles. The molecule has 1 heterocycles. The van der Waals surface area contributed by atoms with E-state index in [4.69, 9.17) is 9.84 Å². The second-order valence-electron chi connectivity index (χ2n) is 3.07. The SMILES string of the molecule is C[C@@H]1O[C@H](C(=O)O)[C@@H](O)[C@H](O)[C@H]1O. The van der Waals surface area contributed by atoms with Crippen molar-refractivity contribution in [1.29, 1.82) is 0 Å². The molecule has 0 spiro atoms. The van der Waals surface area contributed by atoms with Crippen LogP contribution in [0.2, 0.25) is 0 Å². The van der Waals surface area contributed by atoms with Crippen molar-refractivity contribution in [3.05, 3.63) is 0 Å². The number of carboxylic acids is 1. The summed E-state index contributed by atoms with van der Waals surface area (Å²) in [6, 6.07) is 0. The highest BCUT2D eigenvalue weighted by Gasteiger charge is 2.44. The van der Waals surface area contributed by atoms with Gasteiger partial charge in [0.2, 0.25) is 0 Å². The van der Waals surface area contributed by atoms with Gasteiger partial charge in [-0.25, -0.2) is 4.79 Å². The van der Waals surface area contributed by atoms with E-state index in [0.717, 1.165) is 0 Å². The first-order valence-corrected chi connectivity index (χ1v) is 3.87. The maximum absolute atomic E-state index is 10.5. The summed E-state index contributed by atoms with van der Waals surface area (Å²) >= 11 is 0. The van der Waals surface area contributed by atoms with Crippen molar-refractivity contribution < 1.29 is 30.0 Å². The molecule has 0 saturated carbocycles. The van der Waals surface area contributed by atoms with E-state index < -0.39 is 36.5 Å². The Morgan fingerprint density at radius 3 is 2.15 bits per heavy atom. The van der Waals surface area contributed by atoms with Crippen molar-refractivity contribution in [2.75, 3.05) is 0 Å². The van der Waals surface area contributed by atoms with Crippen molar-refractivity contribution in [1.82, 2.24) is 0 Å². The summed E-state index contributed by atoms with van der Waals surface area (Å²) in [5, 5.41) is 36.1. The Bertz CT molecular complexity index is 205. The van der Waals surface area contributed by atoms with Crippen LogP contribution in [0, 0.1) is 0 Å². The van der Waals surface area contributed by atoms with Crippen LogP contribution < -0.4 is 0 Å². The fourth-order valence-corrected chi connectivity index (χ4v) is 1.26. The summed E-state index contributed by atoms with van der Waals surface area (Å²) in [4.78, 5) is 10.5. The van der Waals surface area contributed by atoms with Gasteiger partial charge in [-0.05, 0) is 6.92 Å². The first kappa shape index (κ1) is 10.4. The lowest BCUT2D eigenvalue weighted by Gasteiger charge is -2.37. The number of hydrogen-bond acceptors (Lipinski definition) is 5. The molecule has 0 aromatic heterocycles. The molecular formula is C7H12O6. The molecular weight excluding hydrogens is 180 g/mol. The Labute approximate surface area is 74.4 Å². The van der Waals surface area contributed by atoms with Crippen LogP contribution in [0.25, 0.3) is 0 Å². The third kappa shape index (κ3) is 1.80. The van der Waals surface area contributed by atoms with Crippen molar-refractivity contribution >= 4 is 5.97 Å². The molecule has 6 nitrogen and oxygen atoms in total. The average Bonchev–Trinajstić information content (AvgIpc) is 2.07. The van der Waals surface area contributed by atoms with Crippen LogP contribution in [0.3, 0.4) is 0 Å². The van der Waals surface area contributed by atoms with Crippen LogP contribution in [0.4, 0.5) is 0 Å². The van der Waals surface area contributed by atoms with Gasteiger partial charge in [-0.2, -0.15) is 0 Å². The van der Waals surface area contributed by atoms with E-state index in [-0.39, 0.29) is 0 Å². The lowest BCUT2D eigenvalue weighted by Crippen LogP contribution is -2.58. The number of aliphatic hydroxyl groups is 3. The van der Waals surface area contributed by atoms with Gasteiger partial charge in [-0.1, -0.05) is 0 Å². The maximum Gasteiger partial charge on any atom is 0.335 e. The van der Waals surface area contributed by atoms with Gasteiger partial charge in [-0.3, -0.25) is 0 Å². The molecule has 76 valence electrons. The second-order valence-corrected chi connectivity index (χ2v) is 3.07. The van der Waals surface area contributed by atoms with E-state index >= 15 is 0 Å². The Balaban J connectivity index is 2.76. The number of aliphatic carboxylic acids is 1. The number of rotatable bonds is 1. The van der Waals surface area contributed by atoms with Crippen LogP contribution in [0.15, 0.2) is 0 Å². The molecule has 4 N–H and O–H groups in total. The fraction of sp³-hybridized carbons (Fsp3) is 0.857. The first-order valence-electron chi connectivity index (χ1n) is 3.87. The highest BCUT2D eigenvalue weighted by molar-refractivity contribution is 5.73. The highest BCUT2D eigenvalue weighted by atomic mass is 16.6. The zero-order chi connectivity index (χ0) is 10.2. The van der Waals surface area contributed by atoms with E-state index in [1.807, 2.05) is 0 Å². The molecule has 0 amide bonds. The van der Waals surface area contributed by atoms with Gasteiger partial charge in [0.25, 0.3) is 0 Å². The topological polar surface area (TPSA) is 107 Å². The lowest BCUT2D eigenvalue weighted by atomic mass is 9.96. The van der Waals surface area contributed by atoms with Crippen LogP contribution >= 0.6 is 0 Å². The Morgan fingerprint density at radius 1 is 1.15 bits per heavy atom. The smallest absolute Gasteiger partial charge is 0.335 e. The van der Waals surface area contributed by atoms with Crippen LogP contribution in [-0.4, -0.2) is 56.9 Å². The van der Waals surface area contributed by atoms with E-state index in [1.54, 1.807) is 0 Å². The van der Waals surface area contributed by atoms with Crippen molar-refractivity contribution in [3.8, 4) is 0 Å². The number of hydrogen-bond donors (Lipinski definition) is 4. The van der Waals surface area contributed by atoms with E-state index in [9.17, 15) is 20.1 Å². The largest absolute Gasteiger partial charge is 0.479 e. The Morgan fingerprint density at radius 2 is 1.69 bits per heavy atom. The maximum atomic E-state index is 10.5. The monoisotopic (exact) mass is 192 g/mol. The third-order valence-electron chi connectivity index (χ3n) is 2.10. The van der Waals surface area contributed by atoms with Gasteiger partial charge < -0.3 is 25.2 Å². The van der Waals surface area contributed by atoms with Gasteiger partial charge in [0.05, 0.1) is 6.10 Å². The summed E-state index contributed by atoms with van der Waals surface area (Å²) in [5.41, 5.74) is 0. The second kappa shape index (κ2) is 3.59. The Hall–Kier alpha value is -0.690. The molecule has 0 aliphatic carbocycles. The number of aliphatic hydroxyl groups excluding tert-OH is 3. The van der Waals surface area contributed by atoms with Gasteiger partial charge in [-0.15, -0.1) is 0 Å². The molecule has 1 saturated heterocycles. The van der Waals surface area contributed by atoms with Gasteiger partial charge >= 0.3 is 5.97 Å². The fourth-order valence-electron chi connectivity index (χ4n) is 1.26. The minimum atomic E-state index is -1.59. The van der Waals surface area contributed by atoms with E-state index in [0.29, 0.717) is 0 Å². The van der Waals surface area contributed by atoms with E-state index in [1.165, 1.54) is 6.92 Å². The molecule has 1 fully saturated rings. The summed E-state index contributed by atoms with van der Waals surface area (Å²) in [7, 11) is 0. The Kier molecular flexibility index (Phi) is 2.87. The standard InChI is InChI=1S/C7H12O6/c1-2-3(8)4(9)5(10)6(13-2)7(11)12/h2-6,8-10H,1H3,(H,11,12)/t2-,3-,4+,5-,6-/m0/s1. The zero-order valence-electron chi connectivity index (χ0n) is 6.99. The summed E-state index contributed by atoms with van der Waals surface area (Å²) in [6.45, 7) is 1.43. The summed E-state index contributed by atoms with van der Waals surface area (Å²) < 4.78 is 4.78. The van der Waals surface area contributed by atoms with Crippen molar-refractivity contribution in [2.24, 2.45) is 0 Å². The van der Waals surface area contributed by atoms with Crippen molar-refractivity contribution in [2.45, 2.75) is 37.4 Å². The highest BCUT2D eigenvalue weighted by Crippen LogP contribution is 2.20. The van der Waals surface area contributed by atoms with E-state index in [2.05, 4.69) is 0 Å². The van der Waals surface area contributed by atoms with Crippen LogP contribution in [0.1, 0.15) is 6.92 Å². The average molecular weight is 192 g/mol. The summed E-state index contributed by atoms with van der Waals surface area (Å²) in [6.07, 6.45) is -6.62. The van der Waals surface area contributed by atoms with Crippen LogP contribution in [0.5, 0.6) is 0 Å². The van der Waals surface area contributed by atoms with Crippen molar-refractivity contribution in [3.63, 3.8) is 0 Å². The number of ether oxygens (including phenoxy) is 1. The number of carboxylic acid groups (broad SMARTS) is 1. The minimum absolute atomic E-state index is 0.806. The molecule has 0 aromatic rings. The van der Waals surface area contributed by atoms with Gasteiger partial charge in [0, 0.05) is 0 Å². The van der Waals surface area contributed by atoms with Gasteiger partial charge in [0.15, 0.2) is 6.10 Å². The molecule has 0 unspecified atom stereocenters. The minimum Gasteiger partial charge on any atom is -0.479 e. The molecule has 1 rings (SSSR count). The normalized spacial score (nSPS) is 46.0. The molecule has 5 atom stereocenters. The number of carbonyl (C=O) groups is 1. The zero-order valence-corrected chi connectivity index (χ0v) is 6.99.